The second-order valence-corrected chi connectivity index (χ2v) is 8.90. The second kappa shape index (κ2) is 11.1. The van der Waals surface area contributed by atoms with Gasteiger partial charge in [-0.1, -0.05) is 6.07 Å². The number of rotatable bonds is 6. The Morgan fingerprint density at radius 2 is 1.91 bits per heavy atom. The van der Waals surface area contributed by atoms with Gasteiger partial charge in [0.05, 0.1) is 24.4 Å². The molecular formula is C25H26N4O5S. The van der Waals surface area contributed by atoms with Crippen LogP contribution in [0.15, 0.2) is 54.2 Å². The highest BCUT2D eigenvalue weighted by molar-refractivity contribution is 7.10. The molecule has 0 saturated carbocycles. The Morgan fingerprint density at radius 1 is 1.11 bits per heavy atom. The lowest BCUT2D eigenvalue weighted by Gasteiger charge is -2.28. The summed E-state index contributed by atoms with van der Waals surface area (Å²) in [5.41, 5.74) is 2.12. The Hall–Kier alpha value is -3.79. The van der Waals surface area contributed by atoms with E-state index in [1.54, 1.807) is 46.5 Å². The molecule has 4 rings (SSSR count). The molecule has 0 spiro atoms. The van der Waals surface area contributed by atoms with E-state index in [2.05, 4.69) is 4.98 Å². The van der Waals surface area contributed by atoms with Crippen molar-refractivity contribution in [3.8, 4) is 17.0 Å². The Kier molecular flexibility index (Phi) is 7.71. The van der Waals surface area contributed by atoms with Crippen molar-refractivity contribution in [1.29, 1.82) is 0 Å². The van der Waals surface area contributed by atoms with Crippen molar-refractivity contribution in [2.75, 3.05) is 33.4 Å². The Labute approximate surface area is 207 Å². The van der Waals surface area contributed by atoms with Crippen molar-refractivity contribution in [2.45, 2.75) is 19.4 Å². The van der Waals surface area contributed by atoms with Gasteiger partial charge in [-0.15, -0.1) is 11.3 Å². The SMILES string of the molecule is COC(=O)c1cccc(OCC(=O)N2CCN(C(C)=O)CCC2c2nc(-c3ccncc3)cs2)c1. The number of nitrogens with zero attached hydrogens (tertiary/aromatic N) is 4. The lowest BCUT2D eigenvalue weighted by Crippen LogP contribution is -2.40. The van der Waals surface area contributed by atoms with Gasteiger partial charge in [-0.2, -0.15) is 0 Å². The topological polar surface area (TPSA) is 102 Å². The van der Waals surface area contributed by atoms with Crippen molar-refractivity contribution >= 4 is 29.1 Å². The molecule has 1 unspecified atom stereocenters. The molecule has 1 atom stereocenters. The Bertz CT molecular complexity index is 1200. The van der Waals surface area contributed by atoms with E-state index >= 15 is 0 Å². The number of pyridine rings is 1. The molecule has 9 nitrogen and oxygen atoms in total. The summed E-state index contributed by atoms with van der Waals surface area (Å²) in [6.07, 6.45) is 4.01. The quantitative estimate of drug-likeness (QED) is 0.485. The normalized spacial score (nSPS) is 15.9. The van der Waals surface area contributed by atoms with Crippen molar-refractivity contribution in [3.05, 3.63) is 64.7 Å². The van der Waals surface area contributed by atoms with Gasteiger partial charge in [-0.25, -0.2) is 9.78 Å². The molecule has 1 aliphatic rings. The van der Waals surface area contributed by atoms with E-state index in [1.807, 2.05) is 17.5 Å². The van der Waals surface area contributed by atoms with Crippen LogP contribution >= 0.6 is 11.3 Å². The second-order valence-electron chi connectivity index (χ2n) is 8.01. The van der Waals surface area contributed by atoms with Crippen LogP contribution in [0.2, 0.25) is 0 Å². The predicted molar refractivity (Wildman–Crippen MR) is 130 cm³/mol. The molecular weight excluding hydrogens is 468 g/mol. The van der Waals surface area contributed by atoms with E-state index in [4.69, 9.17) is 14.5 Å². The molecule has 2 amide bonds. The summed E-state index contributed by atoms with van der Waals surface area (Å²) in [6, 6.07) is 10.0. The Balaban J connectivity index is 1.53. The van der Waals surface area contributed by atoms with Gasteiger partial charge in [0.2, 0.25) is 5.91 Å². The van der Waals surface area contributed by atoms with Crippen LogP contribution in [-0.4, -0.2) is 70.9 Å². The summed E-state index contributed by atoms with van der Waals surface area (Å²) in [7, 11) is 1.31. The number of hydrogen-bond donors (Lipinski definition) is 0. The van der Waals surface area contributed by atoms with Gasteiger partial charge >= 0.3 is 5.97 Å². The number of hydrogen-bond acceptors (Lipinski definition) is 8. The monoisotopic (exact) mass is 494 g/mol. The van der Waals surface area contributed by atoms with Crippen LogP contribution in [0.5, 0.6) is 5.75 Å². The fourth-order valence-electron chi connectivity index (χ4n) is 3.95. The summed E-state index contributed by atoms with van der Waals surface area (Å²) in [5.74, 6) is -0.324. The maximum Gasteiger partial charge on any atom is 0.337 e. The van der Waals surface area contributed by atoms with Gasteiger partial charge in [0.15, 0.2) is 6.61 Å². The first-order chi connectivity index (χ1) is 17.0. The minimum atomic E-state index is -0.479. The van der Waals surface area contributed by atoms with E-state index < -0.39 is 5.97 Å². The number of methoxy groups -OCH3 is 1. The summed E-state index contributed by atoms with van der Waals surface area (Å²) in [5, 5.41) is 2.78. The smallest absolute Gasteiger partial charge is 0.337 e. The first-order valence-electron chi connectivity index (χ1n) is 11.2. The molecule has 0 N–H and O–H groups in total. The van der Waals surface area contributed by atoms with Crippen LogP contribution in [0.4, 0.5) is 0 Å². The van der Waals surface area contributed by atoms with Crippen molar-refractivity contribution < 1.29 is 23.9 Å². The van der Waals surface area contributed by atoms with Crippen LogP contribution < -0.4 is 4.74 Å². The van der Waals surface area contributed by atoms with Crippen LogP contribution in [0.1, 0.15) is 34.8 Å². The number of esters is 1. The predicted octanol–water partition coefficient (Wildman–Crippen LogP) is 3.19. The third-order valence-electron chi connectivity index (χ3n) is 5.83. The molecule has 35 heavy (non-hydrogen) atoms. The average molecular weight is 495 g/mol. The summed E-state index contributed by atoms with van der Waals surface area (Å²) in [6.45, 7) is 2.69. The molecule has 3 aromatic rings. The average Bonchev–Trinajstić information content (AvgIpc) is 3.26. The van der Waals surface area contributed by atoms with Crippen LogP contribution in [-0.2, 0) is 14.3 Å². The lowest BCUT2D eigenvalue weighted by atomic mass is 10.1. The number of aromatic nitrogens is 2. The highest BCUT2D eigenvalue weighted by Gasteiger charge is 2.32. The minimum absolute atomic E-state index is 0.0227. The number of thiazole rings is 1. The third-order valence-corrected chi connectivity index (χ3v) is 6.77. The first-order valence-corrected chi connectivity index (χ1v) is 12.1. The van der Waals surface area contributed by atoms with E-state index in [0.29, 0.717) is 37.4 Å². The molecule has 10 heteroatoms. The maximum atomic E-state index is 13.3. The minimum Gasteiger partial charge on any atom is -0.484 e. The van der Waals surface area contributed by atoms with Crippen LogP contribution in [0.3, 0.4) is 0 Å². The molecule has 182 valence electrons. The molecule has 1 aromatic carbocycles. The van der Waals surface area contributed by atoms with Gasteiger partial charge in [0, 0.05) is 49.9 Å². The molecule has 1 fully saturated rings. The largest absolute Gasteiger partial charge is 0.484 e. The van der Waals surface area contributed by atoms with Crippen molar-refractivity contribution in [3.63, 3.8) is 0 Å². The van der Waals surface area contributed by atoms with E-state index in [-0.39, 0.29) is 24.5 Å². The highest BCUT2D eigenvalue weighted by atomic mass is 32.1. The van der Waals surface area contributed by atoms with Gasteiger partial charge < -0.3 is 19.3 Å². The summed E-state index contributed by atoms with van der Waals surface area (Å²) in [4.78, 5) is 49.5. The highest BCUT2D eigenvalue weighted by Crippen LogP contribution is 2.32. The van der Waals surface area contributed by atoms with Crippen molar-refractivity contribution in [2.24, 2.45) is 0 Å². The molecule has 0 radical (unpaired) electrons. The summed E-state index contributed by atoms with van der Waals surface area (Å²) < 4.78 is 10.5. The Morgan fingerprint density at radius 3 is 2.66 bits per heavy atom. The number of carbonyl (C=O) groups excluding carboxylic acids is 3. The van der Waals surface area contributed by atoms with Crippen LogP contribution in [0, 0.1) is 0 Å². The fourth-order valence-corrected chi connectivity index (χ4v) is 4.93. The van der Waals surface area contributed by atoms with Gasteiger partial charge in [0.1, 0.15) is 10.8 Å². The van der Waals surface area contributed by atoms with Crippen molar-refractivity contribution in [1.82, 2.24) is 19.8 Å². The molecule has 0 aliphatic carbocycles. The number of ether oxygens (including phenoxy) is 2. The molecule has 2 aromatic heterocycles. The lowest BCUT2D eigenvalue weighted by molar-refractivity contribution is -0.136. The zero-order chi connectivity index (χ0) is 24.8. The molecule has 3 heterocycles. The standard InChI is InChI=1S/C25H26N4O5S/c1-17(30)28-11-8-22(24-27-21(16-35-24)18-6-9-26-10-7-18)29(13-12-28)23(31)15-34-20-5-3-4-19(14-20)25(32)33-2/h3-7,9-10,14,16,22H,8,11-13,15H2,1-2H3. The van der Waals surface area contributed by atoms with Crippen LogP contribution in [0.25, 0.3) is 11.3 Å². The fraction of sp³-hybridized carbons (Fsp3) is 0.320. The first kappa shape index (κ1) is 24.3. The zero-order valence-electron chi connectivity index (χ0n) is 19.5. The number of amides is 2. The maximum absolute atomic E-state index is 13.3. The van der Waals surface area contributed by atoms with Gasteiger partial charge in [0.25, 0.3) is 5.91 Å². The van der Waals surface area contributed by atoms with E-state index in [9.17, 15) is 14.4 Å². The molecule has 0 bridgehead atoms. The summed E-state index contributed by atoms with van der Waals surface area (Å²) >= 11 is 1.49. The zero-order valence-corrected chi connectivity index (χ0v) is 20.4. The van der Waals surface area contributed by atoms with Gasteiger partial charge in [-0.3, -0.25) is 14.6 Å². The third kappa shape index (κ3) is 5.83. The number of benzene rings is 1. The van der Waals surface area contributed by atoms with Gasteiger partial charge in [-0.05, 0) is 36.8 Å². The number of carbonyl (C=O) groups is 3. The molecule has 1 saturated heterocycles. The van der Waals surface area contributed by atoms with E-state index in [1.165, 1.54) is 25.4 Å². The molecule has 1 aliphatic heterocycles. The van der Waals surface area contributed by atoms with E-state index in [0.717, 1.165) is 16.3 Å².